The zero-order valence-electron chi connectivity index (χ0n) is 6.72. The molecule has 0 bridgehead atoms. The molecule has 0 atom stereocenters. The van der Waals surface area contributed by atoms with Gasteiger partial charge >= 0.3 is 6.55 Å². The molecule has 2 aromatic rings. The number of rotatable bonds is 1. The summed E-state index contributed by atoms with van der Waals surface area (Å²) in [5.41, 5.74) is -0.122. The van der Waals surface area contributed by atoms with Crippen molar-refractivity contribution < 1.29 is 17.6 Å². The van der Waals surface area contributed by atoms with Crippen LogP contribution < -0.4 is 0 Å². The molecule has 0 spiro atoms. The van der Waals surface area contributed by atoms with Gasteiger partial charge in [0.25, 0.3) is 0 Å². The Labute approximate surface area is 75.8 Å². The van der Waals surface area contributed by atoms with Crippen LogP contribution in [0.15, 0.2) is 18.5 Å². The third kappa shape index (κ3) is 1.23. The van der Waals surface area contributed by atoms with E-state index in [1.54, 1.807) is 0 Å². The molecule has 0 aliphatic rings. The Hall–Kier alpha value is -1.59. The highest BCUT2D eigenvalue weighted by Gasteiger charge is 2.13. The van der Waals surface area contributed by atoms with Crippen molar-refractivity contribution in [3.63, 3.8) is 0 Å². The van der Waals surface area contributed by atoms with Crippen LogP contribution in [-0.2, 0) is 0 Å². The molecule has 0 aliphatic heterocycles. The molecule has 6 heteroatoms. The van der Waals surface area contributed by atoms with Gasteiger partial charge in [-0.3, -0.25) is 4.57 Å². The average Bonchev–Trinajstić information content (AvgIpc) is 2.48. The van der Waals surface area contributed by atoms with Crippen molar-refractivity contribution in [3.05, 3.63) is 30.1 Å². The van der Waals surface area contributed by atoms with Crippen LogP contribution in [0, 0.1) is 11.6 Å². The summed E-state index contributed by atoms with van der Waals surface area (Å²) >= 11 is 0. The van der Waals surface area contributed by atoms with Gasteiger partial charge in [-0.15, -0.1) is 0 Å². The highest BCUT2D eigenvalue weighted by molar-refractivity contribution is 5.75. The fourth-order valence-electron chi connectivity index (χ4n) is 1.18. The number of aromatic nitrogens is 2. The molecular weight excluding hydrogens is 200 g/mol. The van der Waals surface area contributed by atoms with Crippen molar-refractivity contribution in [2.24, 2.45) is 0 Å². The zero-order chi connectivity index (χ0) is 10.3. The summed E-state index contributed by atoms with van der Waals surface area (Å²) in [6.07, 6.45) is 0.841. The third-order valence-corrected chi connectivity index (χ3v) is 1.83. The molecule has 0 unspecified atom stereocenters. The first-order chi connectivity index (χ1) is 6.59. The molecular formula is C8H4F4N2. The van der Waals surface area contributed by atoms with Crippen molar-refractivity contribution in [2.75, 3.05) is 0 Å². The minimum atomic E-state index is -2.81. The topological polar surface area (TPSA) is 17.8 Å². The molecule has 14 heavy (non-hydrogen) atoms. The van der Waals surface area contributed by atoms with Crippen molar-refractivity contribution in [1.82, 2.24) is 9.55 Å². The maximum atomic E-state index is 12.7. The lowest BCUT2D eigenvalue weighted by atomic mass is 10.3. The molecule has 0 aliphatic carbocycles. The lowest BCUT2D eigenvalue weighted by molar-refractivity contribution is 0.0745. The molecule has 0 saturated heterocycles. The Kier molecular flexibility index (Phi) is 1.90. The Morgan fingerprint density at radius 1 is 1.14 bits per heavy atom. The van der Waals surface area contributed by atoms with E-state index in [0.717, 1.165) is 12.4 Å². The predicted molar refractivity (Wildman–Crippen MR) is 40.9 cm³/mol. The number of imidazole rings is 1. The van der Waals surface area contributed by atoms with Crippen LogP contribution in [0.3, 0.4) is 0 Å². The van der Waals surface area contributed by atoms with E-state index in [4.69, 9.17) is 0 Å². The zero-order valence-corrected chi connectivity index (χ0v) is 6.72. The van der Waals surface area contributed by atoms with E-state index in [1.807, 2.05) is 0 Å². The van der Waals surface area contributed by atoms with Gasteiger partial charge in [0.05, 0.1) is 11.0 Å². The van der Waals surface area contributed by atoms with E-state index in [9.17, 15) is 17.6 Å². The highest BCUT2D eigenvalue weighted by Crippen LogP contribution is 2.21. The lowest BCUT2D eigenvalue weighted by Gasteiger charge is -2.01. The Morgan fingerprint density at radius 3 is 2.43 bits per heavy atom. The quantitative estimate of drug-likeness (QED) is 0.653. The van der Waals surface area contributed by atoms with Gasteiger partial charge in [0.15, 0.2) is 11.6 Å². The number of fused-ring (bicyclic) bond motifs is 1. The summed E-state index contributed by atoms with van der Waals surface area (Å²) in [5.74, 6) is -2.27. The Bertz CT molecular complexity index is 477. The second-order valence-corrected chi connectivity index (χ2v) is 2.68. The van der Waals surface area contributed by atoms with Crippen LogP contribution in [0.25, 0.3) is 11.0 Å². The average molecular weight is 204 g/mol. The molecule has 1 aromatic carbocycles. The second-order valence-electron chi connectivity index (χ2n) is 2.68. The largest absolute Gasteiger partial charge is 0.320 e. The van der Waals surface area contributed by atoms with Gasteiger partial charge in [-0.25, -0.2) is 13.8 Å². The molecule has 0 amide bonds. The molecule has 1 heterocycles. The Balaban J connectivity index is 2.74. The fourth-order valence-corrected chi connectivity index (χ4v) is 1.18. The molecule has 74 valence electrons. The van der Waals surface area contributed by atoms with Gasteiger partial charge in [-0.2, -0.15) is 8.78 Å². The summed E-state index contributed by atoms with van der Waals surface area (Å²) in [6.45, 7) is -2.81. The van der Waals surface area contributed by atoms with E-state index in [2.05, 4.69) is 4.98 Å². The summed E-state index contributed by atoms with van der Waals surface area (Å²) in [6, 6.07) is 1.48. The van der Waals surface area contributed by atoms with Crippen LogP contribution in [0.5, 0.6) is 0 Å². The monoisotopic (exact) mass is 204 g/mol. The van der Waals surface area contributed by atoms with Crippen molar-refractivity contribution in [3.8, 4) is 0 Å². The maximum Gasteiger partial charge on any atom is 0.320 e. The van der Waals surface area contributed by atoms with E-state index < -0.39 is 18.2 Å². The van der Waals surface area contributed by atoms with E-state index in [-0.39, 0.29) is 11.0 Å². The standard InChI is InChI=1S/C8H4F4N2/c9-4-1-6-7(2-5(4)10)14(3-13-6)8(11)12/h1-3,8H. The van der Waals surface area contributed by atoms with Gasteiger partial charge < -0.3 is 0 Å². The number of hydrogen-bond donors (Lipinski definition) is 0. The van der Waals surface area contributed by atoms with Gasteiger partial charge in [0, 0.05) is 12.1 Å². The fraction of sp³-hybridized carbons (Fsp3) is 0.125. The SMILES string of the molecule is Fc1cc2ncn(C(F)F)c2cc1F. The van der Waals surface area contributed by atoms with Gasteiger partial charge in [0.1, 0.15) is 6.33 Å². The molecule has 2 rings (SSSR count). The smallest absolute Gasteiger partial charge is 0.273 e. The first-order valence-electron chi connectivity index (χ1n) is 3.69. The predicted octanol–water partition coefficient (Wildman–Crippen LogP) is 2.71. The van der Waals surface area contributed by atoms with Crippen molar-refractivity contribution in [1.29, 1.82) is 0 Å². The number of halogens is 4. The molecule has 0 fully saturated rings. The lowest BCUT2D eigenvalue weighted by Crippen LogP contribution is -1.96. The minimum absolute atomic E-state index is 0.00389. The second kappa shape index (κ2) is 2.97. The normalized spacial score (nSPS) is 11.5. The summed E-state index contributed by atoms with van der Waals surface area (Å²) in [5, 5.41) is 0. The number of alkyl halides is 2. The molecule has 0 N–H and O–H groups in total. The first-order valence-corrected chi connectivity index (χ1v) is 3.69. The van der Waals surface area contributed by atoms with Gasteiger partial charge in [-0.1, -0.05) is 0 Å². The number of benzene rings is 1. The maximum absolute atomic E-state index is 12.7. The summed E-state index contributed by atoms with van der Waals surface area (Å²) in [7, 11) is 0. The Morgan fingerprint density at radius 2 is 1.79 bits per heavy atom. The molecule has 1 aromatic heterocycles. The molecule has 2 nitrogen and oxygen atoms in total. The minimum Gasteiger partial charge on any atom is -0.273 e. The number of hydrogen-bond acceptors (Lipinski definition) is 1. The van der Waals surface area contributed by atoms with Crippen molar-refractivity contribution >= 4 is 11.0 Å². The van der Waals surface area contributed by atoms with Crippen LogP contribution >= 0.6 is 0 Å². The molecule has 0 saturated carbocycles. The van der Waals surface area contributed by atoms with Gasteiger partial charge in [-0.05, 0) is 0 Å². The summed E-state index contributed by atoms with van der Waals surface area (Å²) in [4.78, 5) is 3.52. The van der Waals surface area contributed by atoms with Crippen LogP contribution in [0.2, 0.25) is 0 Å². The van der Waals surface area contributed by atoms with Gasteiger partial charge in [0.2, 0.25) is 0 Å². The van der Waals surface area contributed by atoms with E-state index >= 15 is 0 Å². The van der Waals surface area contributed by atoms with Crippen LogP contribution in [0.4, 0.5) is 17.6 Å². The third-order valence-electron chi connectivity index (χ3n) is 1.83. The number of nitrogens with zero attached hydrogens (tertiary/aromatic N) is 2. The van der Waals surface area contributed by atoms with Crippen LogP contribution in [-0.4, -0.2) is 9.55 Å². The first kappa shape index (κ1) is 8.98. The van der Waals surface area contributed by atoms with Crippen molar-refractivity contribution in [2.45, 2.75) is 6.55 Å². The molecule has 0 radical (unpaired) electrons. The highest BCUT2D eigenvalue weighted by atomic mass is 19.3. The van der Waals surface area contributed by atoms with Crippen LogP contribution in [0.1, 0.15) is 6.55 Å². The van der Waals surface area contributed by atoms with E-state index in [0.29, 0.717) is 10.6 Å². The summed E-state index contributed by atoms with van der Waals surface area (Å²) < 4.78 is 50.4. The van der Waals surface area contributed by atoms with E-state index in [1.165, 1.54) is 0 Å².